The largest absolute Gasteiger partial charge is 0.488 e. The summed E-state index contributed by atoms with van der Waals surface area (Å²) in [4.78, 5) is 10.7. The monoisotopic (exact) mass is 236 g/mol. The molecular formula is C13H23BNO2. The highest BCUT2D eigenvalue weighted by Gasteiger charge is 2.40. The van der Waals surface area contributed by atoms with Gasteiger partial charge in [-0.2, -0.15) is 0 Å². The van der Waals surface area contributed by atoms with Crippen molar-refractivity contribution < 1.29 is 9.90 Å². The number of carbonyl (C=O) groups is 1. The highest BCUT2D eigenvalue weighted by atomic mass is 16.4. The summed E-state index contributed by atoms with van der Waals surface area (Å²) in [6, 6.07) is 0. The molecule has 17 heavy (non-hydrogen) atoms. The smallest absolute Gasteiger partial charge is 0.354 e. The zero-order valence-corrected chi connectivity index (χ0v) is 11.2. The van der Waals surface area contributed by atoms with Gasteiger partial charge >= 0.3 is 7.41 Å². The maximum absolute atomic E-state index is 10.7. The predicted molar refractivity (Wildman–Crippen MR) is 71.3 cm³/mol. The van der Waals surface area contributed by atoms with Crippen LogP contribution in [-0.2, 0) is 0 Å². The fourth-order valence-electron chi connectivity index (χ4n) is 3.30. The molecule has 1 unspecified atom stereocenters. The van der Waals surface area contributed by atoms with E-state index < -0.39 is 5.87 Å². The van der Waals surface area contributed by atoms with E-state index in [-0.39, 0.29) is 11.0 Å². The average molecular weight is 236 g/mol. The molecule has 3 nitrogen and oxygen atoms in total. The Morgan fingerprint density at radius 3 is 2.65 bits per heavy atom. The third kappa shape index (κ3) is 4.19. The van der Waals surface area contributed by atoms with Crippen molar-refractivity contribution in [2.75, 3.05) is 0 Å². The summed E-state index contributed by atoms with van der Waals surface area (Å²) in [5, 5.41) is 11.9. The SMILES string of the molecule is C=C1CC(C)(C)CC(CCC)(N[B]C(=O)O)C1. The Balaban J connectivity index is 2.81. The van der Waals surface area contributed by atoms with E-state index in [9.17, 15) is 4.79 Å². The van der Waals surface area contributed by atoms with Gasteiger partial charge < -0.3 is 10.3 Å². The molecule has 1 aliphatic carbocycles. The Bertz CT molecular complexity index is 315. The van der Waals surface area contributed by atoms with Gasteiger partial charge in [-0.15, -0.1) is 0 Å². The lowest BCUT2D eigenvalue weighted by Crippen LogP contribution is -2.53. The molecule has 95 valence electrons. The van der Waals surface area contributed by atoms with Gasteiger partial charge in [0.2, 0.25) is 0 Å². The molecule has 1 saturated carbocycles. The molecule has 0 aromatic rings. The van der Waals surface area contributed by atoms with Crippen LogP contribution in [0.5, 0.6) is 0 Å². The van der Waals surface area contributed by atoms with E-state index in [2.05, 4.69) is 32.6 Å². The second kappa shape index (κ2) is 5.26. The Kier molecular flexibility index (Phi) is 4.42. The molecule has 4 heteroatoms. The van der Waals surface area contributed by atoms with E-state index in [1.165, 1.54) is 13.0 Å². The molecule has 1 rings (SSSR count). The lowest BCUT2D eigenvalue weighted by Gasteiger charge is -2.46. The van der Waals surface area contributed by atoms with Crippen LogP contribution in [0.25, 0.3) is 0 Å². The topological polar surface area (TPSA) is 49.3 Å². The molecule has 1 aliphatic rings. The van der Waals surface area contributed by atoms with Gasteiger partial charge in [-0.25, -0.2) is 0 Å². The van der Waals surface area contributed by atoms with Crippen LogP contribution >= 0.6 is 0 Å². The standard InChI is InChI=1S/C13H23BNO2/c1-5-6-13(15-14-11(16)17)8-10(2)7-12(3,4)9-13/h15H,2,5-9H2,1,3-4H3,(H,16,17). The summed E-state index contributed by atoms with van der Waals surface area (Å²) in [6.45, 7) is 10.7. The van der Waals surface area contributed by atoms with E-state index in [0.29, 0.717) is 0 Å². The van der Waals surface area contributed by atoms with E-state index in [1.54, 1.807) is 0 Å². The van der Waals surface area contributed by atoms with Crippen LogP contribution in [-0.4, -0.2) is 23.9 Å². The van der Waals surface area contributed by atoms with Crippen molar-refractivity contribution in [3.05, 3.63) is 12.2 Å². The summed E-state index contributed by atoms with van der Waals surface area (Å²) >= 11 is 0. The average Bonchev–Trinajstić information content (AvgIpc) is 2.12. The Morgan fingerprint density at radius 2 is 2.18 bits per heavy atom. The minimum atomic E-state index is -0.908. The summed E-state index contributed by atoms with van der Waals surface area (Å²) in [7, 11) is 1.18. The van der Waals surface area contributed by atoms with Crippen molar-refractivity contribution in [3.63, 3.8) is 0 Å². The van der Waals surface area contributed by atoms with Gasteiger partial charge in [0.25, 0.3) is 5.87 Å². The maximum Gasteiger partial charge on any atom is 0.354 e. The molecule has 0 spiro atoms. The van der Waals surface area contributed by atoms with Crippen LogP contribution in [0.2, 0.25) is 0 Å². The van der Waals surface area contributed by atoms with E-state index in [4.69, 9.17) is 5.11 Å². The van der Waals surface area contributed by atoms with Crippen LogP contribution in [0.4, 0.5) is 4.79 Å². The number of hydrogen-bond acceptors (Lipinski definition) is 2. The quantitative estimate of drug-likeness (QED) is 0.569. The molecule has 1 radical (unpaired) electrons. The van der Waals surface area contributed by atoms with E-state index in [0.717, 1.165) is 32.1 Å². The number of rotatable bonds is 5. The van der Waals surface area contributed by atoms with Crippen molar-refractivity contribution in [1.29, 1.82) is 0 Å². The van der Waals surface area contributed by atoms with Gasteiger partial charge in [0.05, 0.1) is 0 Å². The summed E-state index contributed by atoms with van der Waals surface area (Å²) in [5.41, 5.74) is 1.30. The van der Waals surface area contributed by atoms with Crippen molar-refractivity contribution in [3.8, 4) is 0 Å². The molecule has 0 bridgehead atoms. The number of hydrogen-bond donors (Lipinski definition) is 2. The van der Waals surface area contributed by atoms with Crippen molar-refractivity contribution >= 4 is 13.3 Å². The number of nitrogens with one attached hydrogen (secondary N) is 1. The Morgan fingerprint density at radius 1 is 1.53 bits per heavy atom. The van der Waals surface area contributed by atoms with Crippen LogP contribution < -0.4 is 5.23 Å². The predicted octanol–water partition coefficient (Wildman–Crippen LogP) is 3.18. The third-order valence-electron chi connectivity index (χ3n) is 3.36. The van der Waals surface area contributed by atoms with Gasteiger partial charge in [-0.3, -0.25) is 4.79 Å². The summed E-state index contributed by atoms with van der Waals surface area (Å²) < 4.78 is 0. The fraction of sp³-hybridized carbons (Fsp3) is 0.769. The van der Waals surface area contributed by atoms with Crippen molar-refractivity contribution in [2.24, 2.45) is 5.41 Å². The van der Waals surface area contributed by atoms with Gasteiger partial charge in [-0.1, -0.05) is 39.3 Å². The lowest BCUT2D eigenvalue weighted by molar-refractivity contribution is 0.165. The molecule has 1 fully saturated rings. The molecule has 1 atom stereocenters. The summed E-state index contributed by atoms with van der Waals surface area (Å²) in [6.07, 6.45) is 4.95. The van der Waals surface area contributed by atoms with E-state index >= 15 is 0 Å². The molecule has 0 aliphatic heterocycles. The minimum Gasteiger partial charge on any atom is -0.488 e. The molecule has 0 aromatic heterocycles. The first-order valence-electron chi connectivity index (χ1n) is 6.29. The highest BCUT2D eigenvalue weighted by Crippen LogP contribution is 2.44. The molecule has 0 heterocycles. The van der Waals surface area contributed by atoms with Gasteiger partial charge in [0.15, 0.2) is 0 Å². The Labute approximate surface area is 105 Å². The molecule has 0 aromatic carbocycles. The zero-order valence-electron chi connectivity index (χ0n) is 11.2. The van der Waals surface area contributed by atoms with Crippen molar-refractivity contribution in [1.82, 2.24) is 5.23 Å². The second-order valence-corrected chi connectivity index (χ2v) is 6.10. The molecular weight excluding hydrogens is 213 g/mol. The highest BCUT2D eigenvalue weighted by molar-refractivity contribution is 6.69. The normalized spacial score (nSPS) is 27.8. The van der Waals surface area contributed by atoms with Gasteiger partial charge in [-0.05, 0) is 31.1 Å². The second-order valence-electron chi connectivity index (χ2n) is 6.10. The van der Waals surface area contributed by atoms with Gasteiger partial charge in [0.1, 0.15) is 0 Å². The zero-order chi connectivity index (χ0) is 13.1. The van der Waals surface area contributed by atoms with Crippen LogP contribution in [0, 0.1) is 5.41 Å². The van der Waals surface area contributed by atoms with Crippen molar-refractivity contribution in [2.45, 2.75) is 58.4 Å². The molecule has 0 saturated heterocycles. The summed E-state index contributed by atoms with van der Waals surface area (Å²) in [5.74, 6) is -0.908. The van der Waals surface area contributed by atoms with Gasteiger partial charge in [0, 0.05) is 5.54 Å². The molecule has 2 N–H and O–H groups in total. The fourth-order valence-corrected chi connectivity index (χ4v) is 3.30. The van der Waals surface area contributed by atoms with Crippen LogP contribution in [0.3, 0.4) is 0 Å². The van der Waals surface area contributed by atoms with Crippen LogP contribution in [0.15, 0.2) is 12.2 Å². The first kappa shape index (κ1) is 14.3. The maximum atomic E-state index is 10.7. The molecule has 0 amide bonds. The van der Waals surface area contributed by atoms with Crippen LogP contribution in [0.1, 0.15) is 52.9 Å². The number of carboxylic acid groups (broad SMARTS) is 1. The van der Waals surface area contributed by atoms with E-state index in [1.807, 2.05) is 0 Å². The third-order valence-corrected chi connectivity index (χ3v) is 3.36. The minimum absolute atomic E-state index is 0.119. The first-order valence-corrected chi connectivity index (χ1v) is 6.29. The lowest BCUT2D eigenvalue weighted by atomic mass is 9.63. The Hall–Kier alpha value is -0.765. The first-order chi connectivity index (χ1) is 7.79.